The molecule has 0 spiro atoms. The van der Waals surface area contributed by atoms with Crippen molar-refractivity contribution in [1.29, 1.82) is 0 Å². The maximum absolute atomic E-state index is 11.3. The van der Waals surface area contributed by atoms with E-state index in [1.807, 2.05) is 6.92 Å². The molecule has 0 saturated heterocycles. The van der Waals surface area contributed by atoms with Crippen LogP contribution in [0.1, 0.15) is 40.9 Å². The number of Topliss-reactive ketones (excluding diaryl/α,β-unsaturated/α-hetero) is 1. The first-order valence-electron chi connectivity index (χ1n) is 5.51. The van der Waals surface area contributed by atoms with Gasteiger partial charge in [0.2, 0.25) is 0 Å². The fraction of sp³-hybridized carbons (Fsp3) is 0.462. The molecule has 0 fully saturated rings. The lowest BCUT2D eigenvalue weighted by Gasteiger charge is -2.19. The maximum Gasteiger partial charge on any atom is 0.159 e. The first-order valence-corrected chi connectivity index (χ1v) is 6.63. The highest BCUT2D eigenvalue weighted by Gasteiger charge is 2.20. The largest absolute Gasteiger partial charge is 0.390 e. The second-order valence-electron chi connectivity index (χ2n) is 4.12. The third kappa shape index (κ3) is 3.63. The molecular weight excluding hydrogens is 284 g/mol. The van der Waals surface area contributed by atoms with Crippen LogP contribution in [-0.2, 0) is 0 Å². The summed E-state index contributed by atoms with van der Waals surface area (Å²) in [6, 6.07) is 5.17. The van der Waals surface area contributed by atoms with Gasteiger partial charge in [0.05, 0.1) is 6.10 Å². The Labute approximate surface area is 110 Å². The molecule has 0 aromatic heterocycles. The van der Waals surface area contributed by atoms with Gasteiger partial charge in [-0.25, -0.2) is 0 Å². The molecule has 0 aliphatic carbocycles. The van der Waals surface area contributed by atoms with Crippen molar-refractivity contribution in [3.05, 3.63) is 34.9 Å². The van der Waals surface area contributed by atoms with Gasteiger partial charge in [-0.15, -0.1) is 0 Å². The number of halogens is 1. The van der Waals surface area contributed by atoms with Crippen LogP contribution in [0, 0.1) is 6.92 Å². The van der Waals surface area contributed by atoms with Crippen LogP contribution >= 0.6 is 15.9 Å². The minimum atomic E-state index is -0.952. The summed E-state index contributed by atoms with van der Waals surface area (Å²) in [7, 11) is 0. The van der Waals surface area contributed by atoms with Crippen molar-refractivity contribution >= 4 is 21.7 Å². The predicted molar refractivity (Wildman–Crippen MR) is 70.6 cm³/mol. The van der Waals surface area contributed by atoms with E-state index < -0.39 is 12.2 Å². The van der Waals surface area contributed by atoms with E-state index in [1.165, 1.54) is 6.92 Å². The summed E-state index contributed by atoms with van der Waals surface area (Å²) in [5, 5.41) is 20.4. The summed E-state index contributed by atoms with van der Waals surface area (Å²) in [6.45, 7) is 3.33. The molecule has 1 rings (SSSR count). The maximum atomic E-state index is 11.3. The quantitative estimate of drug-likeness (QED) is 0.648. The molecule has 4 heteroatoms. The van der Waals surface area contributed by atoms with Gasteiger partial charge in [0.15, 0.2) is 5.78 Å². The van der Waals surface area contributed by atoms with Crippen LogP contribution in [-0.4, -0.2) is 27.4 Å². The summed E-state index contributed by atoms with van der Waals surface area (Å²) >= 11 is 3.22. The van der Waals surface area contributed by atoms with Crippen molar-refractivity contribution in [1.82, 2.24) is 0 Å². The summed E-state index contributed by atoms with van der Waals surface area (Å²) < 4.78 is 0. The van der Waals surface area contributed by atoms with Crippen molar-refractivity contribution in [2.24, 2.45) is 0 Å². The first-order chi connectivity index (χ1) is 7.97. The summed E-state index contributed by atoms with van der Waals surface area (Å²) in [5.74, 6) is -0.0477. The predicted octanol–water partition coefficient (Wildman–Crippen LogP) is 2.38. The average Bonchev–Trinajstić information content (AvgIpc) is 2.28. The lowest BCUT2D eigenvalue weighted by atomic mass is 9.95. The highest BCUT2D eigenvalue weighted by Crippen LogP contribution is 2.24. The number of ketones is 1. The SMILES string of the molecule is CC(=O)c1ccc(C)c(C(O)C(O)CCBr)c1. The lowest BCUT2D eigenvalue weighted by Crippen LogP contribution is -2.19. The molecule has 0 saturated carbocycles. The van der Waals surface area contributed by atoms with E-state index in [2.05, 4.69) is 15.9 Å². The Kier molecular flexibility index (Phi) is 5.31. The zero-order valence-electron chi connectivity index (χ0n) is 9.98. The van der Waals surface area contributed by atoms with E-state index in [0.29, 0.717) is 22.9 Å². The van der Waals surface area contributed by atoms with Gasteiger partial charge in [0.25, 0.3) is 0 Å². The molecule has 0 amide bonds. The Morgan fingerprint density at radius 1 is 1.41 bits per heavy atom. The fourth-order valence-electron chi connectivity index (χ4n) is 1.66. The minimum absolute atomic E-state index is 0.0477. The number of aliphatic hydroxyl groups is 2. The standard InChI is InChI=1S/C13H17BrO3/c1-8-3-4-10(9(2)15)7-11(8)13(17)12(16)5-6-14/h3-4,7,12-13,16-17H,5-6H2,1-2H3. The molecule has 94 valence electrons. The molecule has 0 aliphatic heterocycles. The molecule has 2 atom stereocenters. The molecule has 1 aromatic carbocycles. The zero-order valence-corrected chi connectivity index (χ0v) is 11.6. The van der Waals surface area contributed by atoms with Crippen LogP contribution in [0.4, 0.5) is 0 Å². The first kappa shape index (κ1) is 14.4. The van der Waals surface area contributed by atoms with Crippen molar-refractivity contribution in [3.63, 3.8) is 0 Å². The molecule has 0 aliphatic rings. The molecule has 2 unspecified atom stereocenters. The molecular formula is C13H17BrO3. The topological polar surface area (TPSA) is 57.5 Å². The van der Waals surface area contributed by atoms with E-state index in [0.717, 1.165) is 5.56 Å². The monoisotopic (exact) mass is 300 g/mol. The number of carbonyl (C=O) groups is 1. The van der Waals surface area contributed by atoms with Crippen LogP contribution in [0.2, 0.25) is 0 Å². The molecule has 2 N–H and O–H groups in total. The Bertz CT molecular complexity index is 404. The van der Waals surface area contributed by atoms with E-state index in [1.54, 1.807) is 18.2 Å². The second kappa shape index (κ2) is 6.28. The van der Waals surface area contributed by atoms with Crippen LogP contribution in [0.5, 0.6) is 0 Å². The van der Waals surface area contributed by atoms with E-state index in [-0.39, 0.29) is 5.78 Å². The molecule has 17 heavy (non-hydrogen) atoms. The smallest absolute Gasteiger partial charge is 0.159 e. The molecule has 3 nitrogen and oxygen atoms in total. The third-order valence-electron chi connectivity index (χ3n) is 2.77. The van der Waals surface area contributed by atoms with Gasteiger partial charge in [-0.1, -0.05) is 28.1 Å². The minimum Gasteiger partial charge on any atom is -0.390 e. The van der Waals surface area contributed by atoms with Gasteiger partial charge in [-0.3, -0.25) is 4.79 Å². The van der Waals surface area contributed by atoms with Gasteiger partial charge < -0.3 is 10.2 Å². The average molecular weight is 301 g/mol. The van der Waals surface area contributed by atoms with Crippen LogP contribution in [0.3, 0.4) is 0 Å². The Morgan fingerprint density at radius 3 is 2.59 bits per heavy atom. The molecule has 0 bridgehead atoms. The highest BCUT2D eigenvalue weighted by atomic mass is 79.9. The van der Waals surface area contributed by atoms with Gasteiger partial charge in [-0.05, 0) is 37.5 Å². The molecule has 0 radical (unpaired) electrons. The second-order valence-corrected chi connectivity index (χ2v) is 4.91. The van der Waals surface area contributed by atoms with Crippen molar-refractivity contribution in [2.45, 2.75) is 32.5 Å². The highest BCUT2D eigenvalue weighted by molar-refractivity contribution is 9.09. The summed E-state index contributed by atoms with van der Waals surface area (Å²) in [5.41, 5.74) is 2.04. The molecule has 1 aromatic rings. The summed E-state index contributed by atoms with van der Waals surface area (Å²) in [6.07, 6.45) is -1.31. The Hall–Kier alpha value is -0.710. The number of alkyl halides is 1. The van der Waals surface area contributed by atoms with Crippen molar-refractivity contribution < 1.29 is 15.0 Å². The Balaban J connectivity index is 3.03. The van der Waals surface area contributed by atoms with Crippen LogP contribution < -0.4 is 0 Å². The Morgan fingerprint density at radius 2 is 2.06 bits per heavy atom. The van der Waals surface area contributed by atoms with E-state index in [4.69, 9.17) is 0 Å². The van der Waals surface area contributed by atoms with Crippen LogP contribution in [0.15, 0.2) is 18.2 Å². The van der Waals surface area contributed by atoms with Gasteiger partial charge in [0.1, 0.15) is 6.10 Å². The number of hydrogen-bond donors (Lipinski definition) is 2. The van der Waals surface area contributed by atoms with Crippen molar-refractivity contribution in [3.8, 4) is 0 Å². The van der Waals surface area contributed by atoms with Gasteiger partial charge in [-0.2, -0.15) is 0 Å². The number of carbonyl (C=O) groups excluding carboxylic acids is 1. The number of hydrogen-bond acceptors (Lipinski definition) is 3. The van der Waals surface area contributed by atoms with Gasteiger partial charge >= 0.3 is 0 Å². The third-order valence-corrected chi connectivity index (χ3v) is 3.23. The number of benzene rings is 1. The number of aryl methyl sites for hydroxylation is 1. The lowest BCUT2D eigenvalue weighted by molar-refractivity contribution is 0.0169. The van der Waals surface area contributed by atoms with E-state index >= 15 is 0 Å². The normalized spacial score (nSPS) is 14.4. The zero-order chi connectivity index (χ0) is 13.0. The fourth-order valence-corrected chi connectivity index (χ4v) is 2.12. The summed E-state index contributed by atoms with van der Waals surface area (Å²) in [4.78, 5) is 11.3. The molecule has 0 heterocycles. The van der Waals surface area contributed by atoms with Crippen molar-refractivity contribution in [2.75, 3.05) is 5.33 Å². The van der Waals surface area contributed by atoms with E-state index in [9.17, 15) is 15.0 Å². The van der Waals surface area contributed by atoms with Crippen LogP contribution in [0.25, 0.3) is 0 Å². The van der Waals surface area contributed by atoms with Gasteiger partial charge in [0, 0.05) is 10.9 Å². The number of rotatable bonds is 5. The number of aliphatic hydroxyl groups excluding tert-OH is 2.